The fourth-order valence-corrected chi connectivity index (χ4v) is 0.869. The normalized spacial score (nSPS) is 11.0. The van der Waals surface area contributed by atoms with Crippen LogP contribution in [-0.2, 0) is 13.6 Å². The maximum absolute atomic E-state index is 11.2. The molecule has 0 bridgehead atoms. The summed E-state index contributed by atoms with van der Waals surface area (Å²) in [6.07, 6.45) is 1.53. The first kappa shape index (κ1) is 8.99. The monoisotopic (exact) mass is 170 g/mol. The van der Waals surface area contributed by atoms with Gasteiger partial charge in [-0.15, -0.1) is 0 Å². The Morgan fingerprint density at radius 2 is 2.25 bits per heavy atom. The van der Waals surface area contributed by atoms with Gasteiger partial charge < -0.3 is 4.90 Å². The van der Waals surface area contributed by atoms with E-state index >= 15 is 0 Å². The Balaban J connectivity index is 2.64. The van der Waals surface area contributed by atoms with Gasteiger partial charge in [-0.3, -0.25) is 4.57 Å². The SMILES string of the molecule is CN(C)CCn1ncn(C)c1=O. The Bertz CT molecular complexity index is 299. The molecule has 0 aliphatic heterocycles. The quantitative estimate of drug-likeness (QED) is 0.593. The topological polar surface area (TPSA) is 43.1 Å². The van der Waals surface area contributed by atoms with Crippen LogP contribution in [0, 0.1) is 0 Å². The van der Waals surface area contributed by atoms with Gasteiger partial charge in [0.25, 0.3) is 0 Å². The molecule has 5 heteroatoms. The van der Waals surface area contributed by atoms with Gasteiger partial charge in [0.2, 0.25) is 0 Å². The fourth-order valence-electron chi connectivity index (χ4n) is 0.869. The number of likely N-dealkylation sites (N-methyl/N-ethyl adjacent to an activating group) is 1. The molecule has 0 saturated carbocycles. The highest BCUT2D eigenvalue weighted by Crippen LogP contribution is 1.79. The van der Waals surface area contributed by atoms with E-state index in [9.17, 15) is 4.79 Å². The van der Waals surface area contributed by atoms with Gasteiger partial charge in [-0.2, -0.15) is 5.10 Å². The van der Waals surface area contributed by atoms with Crippen LogP contribution < -0.4 is 5.69 Å². The highest BCUT2D eigenvalue weighted by molar-refractivity contribution is 4.65. The predicted molar refractivity (Wildman–Crippen MR) is 46.0 cm³/mol. The molecule has 0 amide bonds. The van der Waals surface area contributed by atoms with Crippen LogP contribution in [0.1, 0.15) is 0 Å². The minimum absolute atomic E-state index is 0.0585. The Labute approximate surface area is 71.2 Å². The van der Waals surface area contributed by atoms with Crippen molar-refractivity contribution in [1.82, 2.24) is 19.2 Å². The maximum atomic E-state index is 11.2. The third-order valence-electron chi connectivity index (χ3n) is 1.65. The second-order valence-electron chi connectivity index (χ2n) is 3.05. The summed E-state index contributed by atoms with van der Waals surface area (Å²) >= 11 is 0. The van der Waals surface area contributed by atoms with Crippen LogP contribution in [0.2, 0.25) is 0 Å². The molecule has 0 unspecified atom stereocenters. The zero-order chi connectivity index (χ0) is 9.14. The number of hydrogen-bond donors (Lipinski definition) is 0. The van der Waals surface area contributed by atoms with Crippen molar-refractivity contribution in [2.75, 3.05) is 20.6 Å². The van der Waals surface area contributed by atoms with Crippen molar-refractivity contribution in [2.24, 2.45) is 7.05 Å². The number of rotatable bonds is 3. The third kappa shape index (κ3) is 1.94. The van der Waals surface area contributed by atoms with Gasteiger partial charge in [-0.25, -0.2) is 9.48 Å². The van der Waals surface area contributed by atoms with Crippen molar-refractivity contribution in [1.29, 1.82) is 0 Å². The number of aryl methyl sites for hydroxylation is 1. The maximum Gasteiger partial charge on any atom is 0.345 e. The minimum Gasteiger partial charge on any atom is -0.308 e. The van der Waals surface area contributed by atoms with Crippen molar-refractivity contribution < 1.29 is 0 Å². The lowest BCUT2D eigenvalue weighted by Gasteiger charge is -2.07. The van der Waals surface area contributed by atoms with Crippen molar-refractivity contribution >= 4 is 0 Å². The van der Waals surface area contributed by atoms with Gasteiger partial charge in [0.05, 0.1) is 6.54 Å². The predicted octanol–water partition coefficient (Wildman–Crippen LogP) is -0.857. The first-order valence-corrected chi connectivity index (χ1v) is 3.84. The lowest BCUT2D eigenvalue weighted by molar-refractivity contribution is 0.369. The van der Waals surface area contributed by atoms with Gasteiger partial charge >= 0.3 is 5.69 Å². The van der Waals surface area contributed by atoms with E-state index in [-0.39, 0.29) is 5.69 Å². The Hall–Kier alpha value is -1.10. The highest BCUT2D eigenvalue weighted by atomic mass is 16.2. The van der Waals surface area contributed by atoms with Gasteiger partial charge in [0.15, 0.2) is 0 Å². The van der Waals surface area contributed by atoms with E-state index in [0.29, 0.717) is 6.54 Å². The average molecular weight is 170 g/mol. The molecule has 0 N–H and O–H groups in total. The molecule has 68 valence electrons. The van der Waals surface area contributed by atoms with E-state index < -0.39 is 0 Å². The zero-order valence-electron chi connectivity index (χ0n) is 7.69. The van der Waals surface area contributed by atoms with Crippen molar-refractivity contribution in [3.63, 3.8) is 0 Å². The Morgan fingerprint density at radius 3 is 2.67 bits per heavy atom. The summed E-state index contributed by atoms with van der Waals surface area (Å²) in [4.78, 5) is 13.2. The molecule has 0 saturated heterocycles. The molecular weight excluding hydrogens is 156 g/mol. The fraction of sp³-hybridized carbons (Fsp3) is 0.714. The van der Waals surface area contributed by atoms with Crippen LogP contribution in [0.3, 0.4) is 0 Å². The molecule has 0 fully saturated rings. The smallest absolute Gasteiger partial charge is 0.308 e. The van der Waals surface area contributed by atoms with E-state index in [4.69, 9.17) is 0 Å². The van der Waals surface area contributed by atoms with E-state index in [2.05, 4.69) is 5.10 Å². The van der Waals surface area contributed by atoms with Crippen LogP contribution in [0.25, 0.3) is 0 Å². The molecule has 0 aromatic carbocycles. The lowest BCUT2D eigenvalue weighted by Crippen LogP contribution is -2.28. The van der Waals surface area contributed by atoms with E-state index in [1.807, 2.05) is 19.0 Å². The first-order valence-electron chi connectivity index (χ1n) is 3.84. The van der Waals surface area contributed by atoms with Crippen molar-refractivity contribution in [3.05, 3.63) is 16.8 Å². The molecule has 0 aliphatic rings. The second-order valence-corrected chi connectivity index (χ2v) is 3.05. The number of aromatic nitrogens is 3. The van der Waals surface area contributed by atoms with Crippen LogP contribution >= 0.6 is 0 Å². The van der Waals surface area contributed by atoms with Gasteiger partial charge in [0, 0.05) is 13.6 Å². The average Bonchev–Trinajstić information content (AvgIpc) is 2.30. The summed E-state index contributed by atoms with van der Waals surface area (Å²) in [5.74, 6) is 0. The molecule has 1 aromatic heterocycles. The zero-order valence-corrected chi connectivity index (χ0v) is 7.69. The van der Waals surface area contributed by atoms with Crippen molar-refractivity contribution in [2.45, 2.75) is 6.54 Å². The van der Waals surface area contributed by atoms with Crippen LogP contribution in [0.4, 0.5) is 0 Å². The van der Waals surface area contributed by atoms with Crippen LogP contribution in [0.15, 0.2) is 11.1 Å². The summed E-state index contributed by atoms with van der Waals surface area (Å²) in [5, 5.41) is 3.93. The van der Waals surface area contributed by atoms with Crippen molar-refractivity contribution in [3.8, 4) is 0 Å². The Morgan fingerprint density at radius 1 is 1.58 bits per heavy atom. The third-order valence-corrected chi connectivity index (χ3v) is 1.65. The van der Waals surface area contributed by atoms with E-state index in [1.54, 1.807) is 7.05 Å². The standard InChI is InChI=1S/C7H14N4O/c1-9(2)4-5-11-7(12)10(3)6-8-11/h6H,4-5H2,1-3H3. The van der Waals surface area contributed by atoms with Crippen LogP contribution in [0.5, 0.6) is 0 Å². The molecule has 1 heterocycles. The first-order chi connectivity index (χ1) is 5.61. The second kappa shape index (κ2) is 3.53. The van der Waals surface area contributed by atoms with Crippen LogP contribution in [-0.4, -0.2) is 39.9 Å². The molecule has 0 spiro atoms. The van der Waals surface area contributed by atoms with E-state index in [0.717, 1.165) is 6.54 Å². The highest BCUT2D eigenvalue weighted by Gasteiger charge is 2.00. The molecule has 12 heavy (non-hydrogen) atoms. The summed E-state index contributed by atoms with van der Waals surface area (Å²) in [6.45, 7) is 1.48. The largest absolute Gasteiger partial charge is 0.345 e. The van der Waals surface area contributed by atoms with Gasteiger partial charge in [-0.05, 0) is 14.1 Å². The number of hydrogen-bond acceptors (Lipinski definition) is 3. The molecular formula is C7H14N4O. The summed E-state index contributed by atoms with van der Waals surface area (Å²) in [6, 6.07) is 0. The lowest BCUT2D eigenvalue weighted by atomic mass is 10.6. The number of nitrogens with zero attached hydrogens (tertiary/aromatic N) is 4. The molecule has 0 radical (unpaired) electrons. The van der Waals surface area contributed by atoms with Gasteiger partial charge in [0.1, 0.15) is 6.33 Å². The molecule has 0 atom stereocenters. The molecule has 0 aliphatic carbocycles. The summed E-state index contributed by atoms with van der Waals surface area (Å²) in [5.41, 5.74) is -0.0585. The molecule has 1 aromatic rings. The summed E-state index contributed by atoms with van der Waals surface area (Å²) in [7, 11) is 5.63. The minimum atomic E-state index is -0.0585. The van der Waals surface area contributed by atoms with Gasteiger partial charge in [-0.1, -0.05) is 0 Å². The molecule has 5 nitrogen and oxygen atoms in total. The Kier molecular flexibility index (Phi) is 2.65. The summed E-state index contributed by atoms with van der Waals surface area (Å²) < 4.78 is 2.93. The molecule has 1 rings (SSSR count). The van der Waals surface area contributed by atoms with E-state index in [1.165, 1.54) is 15.6 Å².